The average Bonchev–Trinajstić information content (AvgIpc) is 2.59. The van der Waals surface area contributed by atoms with Crippen LogP contribution >= 0.6 is 0 Å². The quantitative estimate of drug-likeness (QED) is 0.695. The predicted octanol–water partition coefficient (Wildman–Crippen LogP) is 1.76. The summed E-state index contributed by atoms with van der Waals surface area (Å²) in [6, 6.07) is 26.4. The lowest BCUT2D eigenvalue weighted by molar-refractivity contribution is -0.719. The summed E-state index contributed by atoms with van der Waals surface area (Å²) in [6.45, 7) is 1.96. The molecule has 2 heteroatoms. The normalized spacial score (nSPS) is 12.4. The number of hydrogen-bond donors (Lipinski definition) is 2. The van der Waals surface area contributed by atoms with E-state index < -0.39 is 0 Å². The van der Waals surface area contributed by atoms with Gasteiger partial charge in [-0.2, -0.15) is 0 Å². The molecule has 2 nitrogen and oxygen atoms in total. The minimum absolute atomic E-state index is 0.519. The maximum absolute atomic E-state index is 4.14. The molecule has 0 unspecified atom stereocenters. The predicted molar refractivity (Wildman–Crippen MR) is 91.3 cm³/mol. The highest BCUT2D eigenvalue weighted by molar-refractivity contribution is 5.85. The second-order valence-corrected chi connectivity index (χ2v) is 5.82. The van der Waals surface area contributed by atoms with Gasteiger partial charge in [0.25, 0.3) is 0 Å². The topological polar surface area (TPSA) is 44.2 Å². The van der Waals surface area contributed by atoms with Gasteiger partial charge < -0.3 is 11.1 Å². The highest BCUT2D eigenvalue weighted by Gasteiger charge is 2.14. The molecule has 22 heavy (non-hydrogen) atoms. The van der Waals surface area contributed by atoms with Crippen LogP contribution in [-0.2, 0) is 13.0 Å². The van der Waals surface area contributed by atoms with E-state index >= 15 is 0 Å². The summed E-state index contributed by atoms with van der Waals surface area (Å²) in [6.07, 6.45) is 1.07. The van der Waals surface area contributed by atoms with E-state index in [0.29, 0.717) is 6.04 Å². The van der Waals surface area contributed by atoms with Crippen molar-refractivity contribution in [3.63, 3.8) is 0 Å². The number of benzene rings is 3. The van der Waals surface area contributed by atoms with Gasteiger partial charge >= 0.3 is 0 Å². The van der Waals surface area contributed by atoms with Gasteiger partial charge in [-0.05, 0) is 16.3 Å². The first-order valence-corrected chi connectivity index (χ1v) is 8.00. The van der Waals surface area contributed by atoms with Gasteiger partial charge in [-0.3, -0.25) is 0 Å². The molecule has 1 atom stereocenters. The fourth-order valence-corrected chi connectivity index (χ4v) is 2.97. The standard InChI is InChI=1S/C20H22N2/c21-14-19(22-15-16-7-2-1-3-8-16)13-18-11-6-10-17-9-4-5-12-20(17)18/h1-12,19,22H,13-15,21H2/p+2/t19-/m1/s1. The van der Waals surface area contributed by atoms with Crippen molar-refractivity contribution in [1.29, 1.82) is 0 Å². The van der Waals surface area contributed by atoms with Crippen LogP contribution in [0.25, 0.3) is 10.8 Å². The van der Waals surface area contributed by atoms with E-state index in [4.69, 9.17) is 0 Å². The highest BCUT2D eigenvalue weighted by atomic mass is 14.9. The van der Waals surface area contributed by atoms with Gasteiger partial charge in [0.1, 0.15) is 19.1 Å². The van der Waals surface area contributed by atoms with Crippen LogP contribution in [0.4, 0.5) is 0 Å². The fourth-order valence-electron chi connectivity index (χ4n) is 2.97. The number of rotatable bonds is 6. The minimum Gasteiger partial charge on any atom is -0.353 e. The summed E-state index contributed by atoms with van der Waals surface area (Å²) in [5, 5.41) is 5.12. The molecular weight excluding hydrogens is 268 g/mol. The smallest absolute Gasteiger partial charge is 0.140 e. The second kappa shape index (κ2) is 7.21. The summed E-state index contributed by atoms with van der Waals surface area (Å²) < 4.78 is 0. The molecule has 0 aliphatic carbocycles. The summed E-state index contributed by atoms with van der Waals surface area (Å²) in [4.78, 5) is 0. The Morgan fingerprint density at radius 2 is 1.55 bits per heavy atom. The lowest BCUT2D eigenvalue weighted by atomic mass is 9.98. The molecule has 112 valence electrons. The van der Waals surface area contributed by atoms with Crippen LogP contribution in [0.15, 0.2) is 72.8 Å². The zero-order chi connectivity index (χ0) is 15.2. The monoisotopic (exact) mass is 292 g/mol. The molecule has 0 spiro atoms. The fraction of sp³-hybridized carbons (Fsp3) is 0.200. The number of hydrogen-bond acceptors (Lipinski definition) is 0. The van der Waals surface area contributed by atoms with Crippen LogP contribution in [0.1, 0.15) is 11.1 Å². The lowest BCUT2D eigenvalue weighted by Crippen LogP contribution is -2.93. The molecule has 0 aliphatic rings. The van der Waals surface area contributed by atoms with Crippen molar-refractivity contribution in [2.75, 3.05) is 6.54 Å². The van der Waals surface area contributed by atoms with Crippen LogP contribution in [0.3, 0.4) is 0 Å². The summed E-state index contributed by atoms with van der Waals surface area (Å²) in [7, 11) is 0. The molecular formula is C20H24N2+2. The molecule has 0 fully saturated rings. The maximum Gasteiger partial charge on any atom is 0.140 e. The van der Waals surface area contributed by atoms with Gasteiger partial charge in [0, 0.05) is 12.0 Å². The zero-order valence-electron chi connectivity index (χ0n) is 12.9. The highest BCUT2D eigenvalue weighted by Crippen LogP contribution is 2.19. The minimum atomic E-state index is 0.519. The Morgan fingerprint density at radius 3 is 2.36 bits per heavy atom. The lowest BCUT2D eigenvalue weighted by Gasteiger charge is -2.14. The molecule has 0 aromatic heterocycles. The van der Waals surface area contributed by atoms with Gasteiger partial charge in [-0.1, -0.05) is 72.8 Å². The zero-order valence-corrected chi connectivity index (χ0v) is 12.9. The Morgan fingerprint density at radius 1 is 0.818 bits per heavy atom. The Kier molecular flexibility index (Phi) is 4.84. The Balaban J connectivity index is 1.71. The number of quaternary nitrogens is 2. The first-order chi connectivity index (χ1) is 10.9. The molecule has 0 bridgehead atoms. The number of nitrogens with two attached hydrogens (primary N) is 1. The molecule has 3 rings (SSSR count). The van der Waals surface area contributed by atoms with E-state index in [-0.39, 0.29) is 0 Å². The summed E-state index contributed by atoms with van der Waals surface area (Å²) in [5.74, 6) is 0. The van der Waals surface area contributed by atoms with Crippen LogP contribution in [0.2, 0.25) is 0 Å². The molecule has 0 saturated carbocycles. The number of fused-ring (bicyclic) bond motifs is 1. The largest absolute Gasteiger partial charge is 0.353 e. The summed E-state index contributed by atoms with van der Waals surface area (Å²) in [5.41, 5.74) is 6.94. The third kappa shape index (κ3) is 3.53. The third-order valence-electron chi connectivity index (χ3n) is 4.26. The van der Waals surface area contributed by atoms with E-state index in [1.54, 1.807) is 0 Å². The van der Waals surface area contributed by atoms with Crippen molar-refractivity contribution < 1.29 is 11.1 Å². The van der Waals surface area contributed by atoms with Crippen LogP contribution in [0, 0.1) is 0 Å². The first-order valence-electron chi connectivity index (χ1n) is 8.00. The Hall–Kier alpha value is -2.16. The molecule has 3 aromatic rings. The van der Waals surface area contributed by atoms with Crippen molar-refractivity contribution in [3.05, 3.63) is 83.9 Å². The summed E-state index contributed by atoms with van der Waals surface area (Å²) >= 11 is 0. The van der Waals surface area contributed by atoms with E-state index in [0.717, 1.165) is 19.5 Å². The molecule has 3 aromatic carbocycles. The van der Waals surface area contributed by atoms with Gasteiger partial charge in [0.15, 0.2) is 0 Å². The van der Waals surface area contributed by atoms with Crippen molar-refractivity contribution in [2.45, 2.75) is 19.0 Å². The molecule has 5 N–H and O–H groups in total. The van der Waals surface area contributed by atoms with Crippen molar-refractivity contribution >= 4 is 10.8 Å². The van der Waals surface area contributed by atoms with Crippen LogP contribution < -0.4 is 11.1 Å². The van der Waals surface area contributed by atoms with Gasteiger partial charge in [0.05, 0.1) is 0 Å². The van der Waals surface area contributed by atoms with E-state index in [2.05, 4.69) is 83.8 Å². The van der Waals surface area contributed by atoms with Crippen molar-refractivity contribution in [1.82, 2.24) is 0 Å². The third-order valence-corrected chi connectivity index (χ3v) is 4.26. The molecule has 0 heterocycles. The maximum atomic E-state index is 4.14. The van der Waals surface area contributed by atoms with E-state index in [9.17, 15) is 0 Å². The van der Waals surface area contributed by atoms with Gasteiger partial charge in [-0.15, -0.1) is 0 Å². The molecule has 0 aliphatic heterocycles. The Labute approximate surface area is 132 Å². The first kappa shape index (κ1) is 14.8. The van der Waals surface area contributed by atoms with Crippen molar-refractivity contribution in [3.8, 4) is 0 Å². The van der Waals surface area contributed by atoms with Crippen molar-refractivity contribution in [2.24, 2.45) is 0 Å². The Bertz CT molecular complexity index is 717. The average molecular weight is 292 g/mol. The molecule has 0 amide bonds. The van der Waals surface area contributed by atoms with Gasteiger partial charge in [-0.25, -0.2) is 0 Å². The SMILES string of the molecule is [NH3+]C[C@@H](Cc1cccc2ccccc12)[NH2+]Cc1ccccc1. The van der Waals surface area contributed by atoms with Crippen LogP contribution in [-0.4, -0.2) is 12.6 Å². The molecule has 0 radical (unpaired) electrons. The molecule has 0 saturated heterocycles. The van der Waals surface area contributed by atoms with Gasteiger partial charge in [0.2, 0.25) is 0 Å². The van der Waals surface area contributed by atoms with Crippen LogP contribution in [0.5, 0.6) is 0 Å². The van der Waals surface area contributed by atoms with E-state index in [1.807, 2.05) is 0 Å². The second-order valence-electron chi connectivity index (χ2n) is 5.82. The van der Waals surface area contributed by atoms with E-state index in [1.165, 1.54) is 21.9 Å².